The number of rotatable bonds is 5. The summed E-state index contributed by atoms with van der Waals surface area (Å²) in [5.41, 5.74) is 2.29. The van der Waals surface area contributed by atoms with Gasteiger partial charge in [0.05, 0.1) is 12.2 Å². The number of hydrogen-bond donors (Lipinski definition) is 0. The molecule has 7 nitrogen and oxygen atoms in total. The summed E-state index contributed by atoms with van der Waals surface area (Å²) >= 11 is 0. The number of aromatic nitrogens is 2. The SMILES string of the molecule is O=C1COCCCN1CCN1CCCC1Cn1nc2c(cc1=O)CCCC2. The van der Waals surface area contributed by atoms with Gasteiger partial charge in [-0.3, -0.25) is 14.5 Å². The van der Waals surface area contributed by atoms with Gasteiger partial charge in [-0.2, -0.15) is 5.10 Å². The van der Waals surface area contributed by atoms with Crippen LogP contribution in [0, 0.1) is 0 Å². The second-order valence-corrected chi connectivity index (χ2v) is 7.96. The quantitative estimate of drug-likeness (QED) is 0.764. The van der Waals surface area contributed by atoms with Gasteiger partial charge < -0.3 is 9.64 Å². The summed E-state index contributed by atoms with van der Waals surface area (Å²) < 4.78 is 7.00. The van der Waals surface area contributed by atoms with E-state index < -0.39 is 0 Å². The van der Waals surface area contributed by atoms with Crippen LogP contribution in [0.2, 0.25) is 0 Å². The molecule has 2 aliphatic heterocycles. The average molecular weight is 374 g/mol. The van der Waals surface area contributed by atoms with Crippen molar-refractivity contribution < 1.29 is 9.53 Å². The Balaban J connectivity index is 1.38. The highest BCUT2D eigenvalue weighted by Gasteiger charge is 2.27. The van der Waals surface area contributed by atoms with Crippen LogP contribution < -0.4 is 5.56 Å². The Kier molecular flexibility index (Phi) is 5.88. The Morgan fingerprint density at radius 3 is 2.89 bits per heavy atom. The molecule has 2 fully saturated rings. The van der Waals surface area contributed by atoms with Crippen LogP contribution in [0.4, 0.5) is 0 Å². The summed E-state index contributed by atoms with van der Waals surface area (Å²) in [5, 5.41) is 4.68. The van der Waals surface area contributed by atoms with Crippen molar-refractivity contribution in [1.29, 1.82) is 0 Å². The van der Waals surface area contributed by atoms with Gasteiger partial charge in [0.15, 0.2) is 0 Å². The molecular weight excluding hydrogens is 344 g/mol. The molecular formula is C20H30N4O3. The van der Waals surface area contributed by atoms with E-state index in [0.29, 0.717) is 19.2 Å². The number of likely N-dealkylation sites (tertiary alicyclic amines) is 1. The molecule has 1 aromatic rings. The fourth-order valence-electron chi connectivity index (χ4n) is 4.55. The molecule has 0 spiro atoms. The fourth-order valence-corrected chi connectivity index (χ4v) is 4.55. The largest absolute Gasteiger partial charge is 0.372 e. The van der Waals surface area contributed by atoms with Gasteiger partial charge in [-0.15, -0.1) is 0 Å². The van der Waals surface area contributed by atoms with E-state index in [9.17, 15) is 9.59 Å². The lowest BCUT2D eigenvalue weighted by Crippen LogP contribution is -2.43. The highest BCUT2D eigenvalue weighted by Crippen LogP contribution is 2.20. The molecule has 7 heteroatoms. The van der Waals surface area contributed by atoms with Crippen LogP contribution in [-0.2, 0) is 28.9 Å². The van der Waals surface area contributed by atoms with Crippen molar-refractivity contribution in [2.45, 2.75) is 57.5 Å². The summed E-state index contributed by atoms with van der Waals surface area (Å²) in [6.07, 6.45) is 7.44. The molecule has 1 aromatic heterocycles. The molecule has 0 radical (unpaired) electrons. The van der Waals surface area contributed by atoms with E-state index >= 15 is 0 Å². The van der Waals surface area contributed by atoms with Crippen LogP contribution in [0.5, 0.6) is 0 Å². The summed E-state index contributed by atoms with van der Waals surface area (Å²) in [6, 6.07) is 2.13. The first-order valence-corrected chi connectivity index (χ1v) is 10.4. The van der Waals surface area contributed by atoms with E-state index in [1.807, 2.05) is 4.90 Å². The van der Waals surface area contributed by atoms with Gasteiger partial charge in [-0.1, -0.05) is 0 Å². The number of nitrogens with zero attached hydrogens (tertiary/aromatic N) is 4. The van der Waals surface area contributed by atoms with Gasteiger partial charge in [0.1, 0.15) is 6.61 Å². The van der Waals surface area contributed by atoms with Crippen LogP contribution in [0.25, 0.3) is 0 Å². The van der Waals surface area contributed by atoms with Crippen molar-refractivity contribution in [3.63, 3.8) is 0 Å². The van der Waals surface area contributed by atoms with Crippen LogP contribution >= 0.6 is 0 Å². The zero-order valence-electron chi connectivity index (χ0n) is 16.1. The standard InChI is InChI=1S/C20H30N4O3/c25-19-13-16-5-1-2-7-18(16)21-24(19)14-17-6-3-8-22(17)10-11-23-9-4-12-27-15-20(23)26/h13,17H,1-12,14-15H2. The topological polar surface area (TPSA) is 67.7 Å². The third kappa shape index (κ3) is 4.41. The van der Waals surface area contributed by atoms with Crippen molar-refractivity contribution >= 4 is 5.91 Å². The lowest BCUT2D eigenvalue weighted by Gasteiger charge is -2.28. The molecule has 1 unspecified atom stereocenters. The second kappa shape index (κ2) is 8.52. The maximum absolute atomic E-state index is 12.5. The molecule has 148 valence electrons. The molecule has 0 saturated carbocycles. The third-order valence-electron chi connectivity index (χ3n) is 6.11. The molecule has 4 rings (SSSR count). The normalized spacial score (nSPS) is 24.1. The molecule has 0 aromatic carbocycles. The Labute approximate surface area is 160 Å². The zero-order valence-corrected chi connectivity index (χ0v) is 16.1. The summed E-state index contributed by atoms with van der Waals surface area (Å²) in [5.74, 6) is 0.0934. The highest BCUT2D eigenvalue weighted by atomic mass is 16.5. The predicted molar refractivity (Wildman–Crippen MR) is 102 cm³/mol. The molecule has 3 heterocycles. The number of aryl methyl sites for hydroxylation is 2. The van der Waals surface area contributed by atoms with E-state index in [1.54, 1.807) is 10.7 Å². The molecule has 0 N–H and O–H groups in total. The first-order chi connectivity index (χ1) is 13.2. The van der Waals surface area contributed by atoms with Crippen molar-refractivity contribution in [2.75, 3.05) is 39.4 Å². The maximum Gasteiger partial charge on any atom is 0.267 e. The number of carbonyl (C=O) groups is 1. The molecule has 3 aliphatic rings. The predicted octanol–water partition coefficient (Wildman–Crippen LogP) is 0.835. The number of amides is 1. The first kappa shape index (κ1) is 18.6. The fraction of sp³-hybridized carbons (Fsp3) is 0.750. The van der Waals surface area contributed by atoms with Crippen LogP contribution in [0.3, 0.4) is 0 Å². The van der Waals surface area contributed by atoms with Gasteiger partial charge in [-0.25, -0.2) is 4.68 Å². The van der Waals surface area contributed by atoms with Crippen LogP contribution in [0.15, 0.2) is 10.9 Å². The highest BCUT2D eigenvalue weighted by molar-refractivity contribution is 5.77. The second-order valence-electron chi connectivity index (χ2n) is 7.96. The molecule has 27 heavy (non-hydrogen) atoms. The van der Waals surface area contributed by atoms with Crippen molar-refractivity contribution in [3.8, 4) is 0 Å². The molecule has 1 atom stereocenters. The number of carbonyl (C=O) groups excluding carboxylic acids is 1. The van der Waals surface area contributed by atoms with Gasteiger partial charge >= 0.3 is 0 Å². The van der Waals surface area contributed by atoms with Gasteiger partial charge in [0.2, 0.25) is 5.91 Å². The minimum atomic E-state index is 0.0299. The van der Waals surface area contributed by atoms with Gasteiger partial charge in [-0.05, 0) is 57.1 Å². The minimum Gasteiger partial charge on any atom is -0.372 e. The van der Waals surface area contributed by atoms with Crippen molar-refractivity contribution in [3.05, 3.63) is 27.7 Å². The van der Waals surface area contributed by atoms with Gasteiger partial charge in [0, 0.05) is 38.3 Å². The van der Waals surface area contributed by atoms with Gasteiger partial charge in [0.25, 0.3) is 5.56 Å². The first-order valence-electron chi connectivity index (χ1n) is 10.4. The Hall–Kier alpha value is -1.73. The van der Waals surface area contributed by atoms with E-state index in [0.717, 1.165) is 76.0 Å². The van der Waals surface area contributed by atoms with E-state index in [1.165, 1.54) is 6.42 Å². The lowest BCUT2D eigenvalue weighted by molar-refractivity contribution is -0.134. The van der Waals surface area contributed by atoms with Crippen LogP contribution in [0.1, 0.15) is 43.4 Å². The van der Waals surface area contributed by atoms with Crippen molar-refractivity contribution in [2.24, 2.45) is 0 Å². The number of hydrogen-bond acceptors (Lipinski definition) is 5. The minimum absolute atomic E-state index is 0.0299. The molecule has 1 amide bonds. The molecule has 2 saturated heterocycles. The third-order valence-corrected chi connectivity index (χ3v) is 6.11. The monoisotopic (exact) mass is 374 g/mol. The summed E-state index contributed by atoms with van der Waals surface area (Å²) in [7, 11) is 0. The Morgan fingerprint density at radius 2 is 1.96 bits per heavy atom. The molecule has 0 bridgehead atoms. The van der Waals surface area contributed by atoms with E-state index in [4.69, 9.17) is 4.74 Å². The summed E-state index contributed by atoms with van der Waals surface area (Å²) in [6.45, 7) is 4.94. The van der Waals surface area contributed by atoms with Crippen LogP contribution in [-0.4, -0.2) is 70.9 Å². The van der Waals surface area contributed by atoms with E-state index in [2.05, 4.69) is 10.00 Å². The Bertz CT molecular complexity index is 732. The zero-order chi connectivity index (χ0) is 18.6. The number of fused-ring (bicyclic) bond motifs is 1. The van der Waals surface area contributed by atoms with Crippen molar-refractivity contribution in [1.82, 2.24) is 19.6 Å². The lowest BCUT2D eigenvalue weighted by atomic mass is 9.97. The molecule has 1 aliphatic carbocycles. The van der Waals surface area contributed by atoms with E-state index in [-0.39, 0.29) is 18.1 Å². The average Bonchev–Trinajstić information content (AvgIpc) is 3.00. The smallest absolute Gasteiger partial charge is 0.267 e. The summed E-state index contributed by atoms with van der Waals surface area (Å²) in [4.78, 5) is 28.9. The Morgan fingerprint density at radius 1 is 1.07 bits per heavy atom. The number of ether oxygens (including phenoxy) is 1. The maximum atomic E-state index is 12.5.